The van der Waals surface area contributed by atoms with E-state index in [4.69, 9.17) is 4.84 Å². The first-order valence-electron chi connectivity index (χ1n) is 6.32. The highest BCUT2D eigenvalue weighted by Crippen LogP contribution is 2.53. The Morgan fingerprint density at radius 1 is 1.18 bits per heavy atom. The van der Waals surface area contributed by atoms with E-state index in [-0.39, 0.29) is 12.2 Å². The molecule has 0 amide bonds. The summed E-state index contributed by atoms with van der Waals surface area (Å²) in [4.78, 5) is 5.58. The van der Waals surface area contributed by atoms with E-state index in [2.05, 4.69) is 17.3 Å². The second-order valence-electron chi connectivity index (χ2n) is 5.40. The van der Waals surface area contributed by atoms with Crippen LogP contribution in [0.2, 0.25) is 0 Å². The standard InChI is InChI=1S/C14H15NO2/c16-11-7-9-6-10(11)14-12(9)13(15-17-14)8-4-2-1-3-5-8/h1-5,9-12,14,16H,6-7H2/t9-,10+,11+,12+,14+/m0/s1. The minimum Gasteiger partial charge on any atom is -0.393 e. The van der Waals surface area contributed by atoms with Crippen LogP contribution in [-0.2, 0) is 4.84 Å². The zero-order valence-corrected chi connectivity index (χ0v) is 9.49. The Bertz CT molecular complexity index is 470. The van der Waals surface area contributed by atoms with Gasteiger partial charge in [-0.1, -0.05) is 35.5 Å². The lowest BCUT2D eigenvalue weighted by molar-refractivity contribution is -0.0262. The molecule has 3 aliphatic rings. The molecule has 1 aliphatic heterocycles. The molecule has 3 heteroatoms. The Balaban J connectivity index is 1.69. The van der Waals surface area contributed by atoms with E-state index < -0.39 is 0 Å². The lowest BCUT2D eigenvalue weighted by Gasteiger charge is -2.26. The van der Waals surface area contributed by atoms with Crippen molar-refractivity contribution in [1.82, 2.24) is 0 Å². The number of hydrogen-bond donors (Lipinski definition) is 1. The average Bonchev–Trinajstić information content (AvgIpc) is 3.00. The van der Waals surface area contributed by atoms with E-state index in [0.29, 0.717) is 17.8 Å². The van der Waals surface area contributed by atoms with Crippen LogP contribution < -0.4 is 0 Å². The van der Waals surface area contributed by atoms with Gasteiger partial charge in [0.15, 0.2) is 0 Å². The van der Waals surface area contributed by atoms with Gasteiger partial charge in [0.05, 0.1) is 11.8 Å². The molecular formula is C14H15NO2. The van der Waals surface area contributed by atoms with Crippen LogP contribution in [0.1, 0.15) is 18.4 Å². The molecule has 0 spiro atoms. The van der Waals surface area contributed by atoms with Gasteiger partial charge in [0.1, 0.15) is 6.10 Å². The van der Waals surface area contributed by atoms with Gasteiger partial charge in [-0.25, -0.2) is 0 Å². The maximum atomic E-state index is 9.89. The number of aliphatic hydroxyl groups excluding tert-OH is 1. The van der Waals surface area contributed by atoms with Crippen LogP contribution in [0.4, 0.5) is 0 Å². The molecule has 1 aromatic rings. The summed E-state index contributed by atoms with van der Waals surface area (Å²) in [6, 6.07) is 10.3. The smallest absolute Gasteiger partial charge is 0.141 e. The Morgan fingerprint density at radius 2 is 2.00 bits per heavy atom. The molecule has 0 radical (unpaired) electrons. The first-order valence-corrected chi connectivity index (χ1v) is 6.32. The van der Waals surface area contributed by atoms with Crippen LogP contribution in [0.5, 0.6) is 0 Å². The van der Waals surface area contributed by atoms with Gasteiger partial charge in [0, 0.05) is 11.8 Å². The third-order valence-corrected chi connectivity index (χ3v) is 4.56. The number of nitrogens with zero attached hydrogens (tertiary/aromatic N) is 1. The summed E-state index contributed by atoms with van der Waals surface area (Å²) in [6.45, 7) is 0. The van der Waals surface area contributed by atoms with Crippen molar-refractivity contribution >= 4 is 5.71 Å². The number of fused-ring (bicyclic) bond motifs is 5. The van der Waals surface area contributed by atoms with Crippen molar-refractivity contribution in [3.05, 3.63) is 35.9 Å². The third kappa shape index (κ3) is 1.23. The molecule has 0 unspecified atom stereocenters. The Labute approximate surface area is 100 Å². The van der Waals surface area contributed by atoms with E-state index in [9.17, 15) is 5.11 Å². The van der Waals surface area contributed by atoms with Crippen molar-refractivity contribution in [2.24, 2.45) is 22.9 Å². The van der Waals surface area contributed by atoms with Gasteiger partial charge < -0.3 is 9.94 Å². The minimum absolute atomic E-state index is 0.124. The highest BCUT2D eigenvalue weighted by atomic mass is 16.6. The number of oxime groups is 1. The van der Waals surface area contributed by atoms with Crippen LogP contribution in [-0.4, -0.2) is 23.0 Å². The highest BCUT2D eigenvalue weighted by molar-refractivity contribution is 6.03. The Morgan fingerprint density at radius 3 is 2.82 bits per heavy atom. The normalized spacial score (nSPS) is 42.2. The van der Waals surface area contributed by atoms with E-state index >= 15 is 0 Å². The first-order chi connectivity index (χ1) is 8.34. The molecule has 4 rings (SSSR count). The second-order valence-corrected chi connectivity index (χ2v) is 5.40. The van der Waals surface area contributed by atoms with Crippen molar-refractivity contribution in [3.8, 4) is 0 Å². The molecule has 88 valence electrons. The van der Waals surface area contributed by atoms with Crippen LogP contribution in [0.25, 0.3) is 0 Å². The molecular weight excluding hydrogens is 214 g/mol. The van der Waals surface area contributed by atoms with Gasteiger partial charge >= 0.3 is 0 Å². The maximum absolute atomic E-state index is 9.89. The van der Waals surface area contributed by atoms with Crippen molar-refractivity contribution in [2.75, 3.05) is 0 Å². The zero-order valence-electron chi connectivity index (χ0n) is 9.49. The Hall–Kier alpha value is -1.35. The molecule has 0 saturated heterocycles. The molecule has 2 aliphatic carbocycles. The summed E-state index contributed by atoms with van der Waals surface area (Å²) < 4.78 is 0. The lowest BCUT2D eigenvalue weighted by atomic mass is 9.80. The number of hydrogen-bond acceptors (Lipinski definition) is 3. The summed E-state index contributed by atoms with van der Waals surface area (Å²) in [7, 11) is 0. The van der Waals surface area contributed by atoms with Gasteiger partial charge in [-0.15, -0.1) is 0 Å². The maximum Gasteiger partial charge on any atom is 0.141 e. The highest BCUT2D eigenvalue weighted by Gasteiger charge is 2.58. The monoisotopic (exact) mass is 229 g/mol. The van der Waals surface area contributed by atoms with E-state index in [1.165, 1.54) is 5.56 Å². The molecule has 1 aromatic carbocycles. The van der Waals surface area contributed by atoms with E-state index in [1.54, 1.807) is 0 Å². The van der Waals surface area contributed by atoms with Crippen molar-refractivity contribution in [1.29, 1.82) is 0 Å². The number of aliphatic hydroxyl groups is 1. The van der Waals surface area contributed by atoms with Gasteiger partial charge in [-0.3, -0.25) is 0 Å². The van der Waals surface area contributed by atoms with Gasteiger partial charge in [-0.2, -0.15) is 0 Å². The topological polar surface area (TPSA) is 41.8 Å². The molecule has 2 fully saturated rings. The van der Waals surface area contributed by atoms with Gasteiger partial charge in [-0.05, 0) is 24.3 Å². The van der Waals surface area contributed by atoms with Gasteiger partial charge in [0.2, 0.25) is 0 Å². The molecule has 5 atom stereocenters. The number of rotatable bonds is 1. The molecule has 2 saturated carbocycles. The summed E-state index contributed by atoms with van der Waals surface area (Å²) in [5.41, 5.74) is 2.26. The summed E-state index contributed by atoms with van der Waals surface area (Å²) in [5, 5.41) is 14.2. The average molecular weight is 229 g/mol. The summed E-state index contributed by atoms with van der Waals surface area (Å²) in [6.07, 6.45) is 1.97. The number of benzene rings is 1. The predicted molar refractivity (Wildman–Crippen MR) is 63.6 cm³/mol. The van der Waals surface area contributed by atoms with Crippen molar-refractivity contribution < 1.29 is 9.94 Å². The molecule has 3 nitrogen and oxygen atoms in total. The van der Waals surface area contributed by atoms with Crippen molar-refractivity contribution in [2.45, 2.75) is 25.0 Å². The predicted octanol–water partition coefficient (Wildman–Crippen LogP) is 1.81. The van der Waals surface area contributed by atoms with Crippen LogP contribution in [0.3, 0.4) is 0 Å². The van der Waals surface area contributed by atoms with E-state index in [1.807, 2.05) is 18.2 Å². The lowest BCUT2D eigenvalue weighted by Crippen LogP contribution is -2.36. The third-order valence-electron chi connectivity index (χ3n) is 4.56. The molecule has 17 heavy (non-hydrogen) atoms. The minimum atomic E-state index is -0.174. The van der Waals surface area contributed by atoms with Crippen LogP contribution in [0, 0.1) is 17.8 Å². The quantitative estimate of drug-likeness (QED) is 0.798. The molecule has 1 N–H and O–H groups in total. The SMILES string of the molecule is O[C@@H]1C[C@@H]2C[C@H]1[C@H]1ON=C(c3ccccc3)[C@@H]21. The molecule has 0 aromatic heterocycles. The molecule has 2 bridgehead atoms. The summed E-state index contributed by atoms with van der Waals surface area (Å²) >= 11 is 0. The summed E-state index contributed by atoms with van der Waals surface area (Å²) in [5.74, 6) is 1.27. The fourth-order valence-corrected chi connectivity index (χ4v) is 3.82. The first kappa shape index (κ1) is 9.66. The zero-order chi connectivity index (χ0) is 11.4. The van der Waals surface area contributed by atoms with Crippen molar-refractivity contribution in [3.63, 3.8) is 0 Å². The van der Waals surface area contributed by atoms with Crippen LogP contribution in [0.15, 0.2) is 35.5 Å². The van der Waals surface area contributed by atoms with Crippen LogP contribution >= 0.6 is 0 Å². The van der Waals surface area contributed by atoms with E-state index in [0.717, 1.165) is 18.6 Å². The van der Waals surface area contributed by atoms with Gasteiger partial charge in [0.25, 0.3) is 0 Å². The Kier molecular flexibility index (Phi) is 1.89. The fourth-order valence-electron chi connectivity index (χ4n) is 3.82. The second kappa shape index (κ2) is 3.33. The molecule has 1 heterocycles. The fraction of sp³-hybridized carbons (Fsp3) is 0.500. The largest absolute Gasteiger partial charge is 0.393 e.